The van der Waals surface area contributed by atoms with Crippen LogP contribution in [0.5, 0.6) is 0 Å². The van der Waals surface area contributed by atoms with Crippen molar-refractivity contribution >= 4 is 16.0 Å². The molecule has 3 atom stereocenters. The second-order valence-corrected chi connectivity index (χ2v) is 14.5. The third kappa shape index (κ3) is 31.2. The van der Waals surface area contributed by atoms with Gasteiger partial charge in [-0.3, -0.25) is 9.35 Å². The Bertz CT molecular complexity index is 829. The maximum atomic E-state index is 12.5. The quantitative estimate of drug-likeness (QED) is 0.0317. The van der Waals surface area contributed by atoms with E-state index in [1.807, 2.05) is 0 Å². The van der Waals surface area contributed by atoms with Crippen molar-refractivity contribution in [1.82, 2.24) is 5.32 Å². The molecule has 8 heteroatoms. The molecule has 0 aromatic rings. The number of nitrogens with one attached hydrogen (secondary N) is 1. The molecule has 3 unspecified atom stereocenters. The van der Waals surface area contributed by atoms with Gasteiger partial charge in [0.2, 0.25) is 5.91 Å². The summed E-state index contributed by atoms with van der Waals surface area (Å²) in [7, 11) is -4.43. The molecule has 0 aromatic carbocycles. The highest BCUT2D eigenvalue weighted by Gasteiger charge is 2.27. The van der Waals surface area contributed by atoms with E-state index in [9.17, 15) is 28.0 Å². The number of aliphatic hydroxyl groups excluding tert-OH is 2. The molecule has 4 N–H and O–H groups in total. The van der Waals surface area contributed by atoms with Crippen molar-refractivity contribution in [1.29, 1.82) is 0 Å². The van der Waals surface area contributed by atoms with Gasteiger partial charge in [0.1, 0.15) is 6.10 Å². The summed E-state index contributed by atoms with van der Waals surface area (Å²) < 4.78 is 32.4. The molecule has 0 saturated heterocycles. The van der Waals surface area contributed by atoms with E-state index in [1.165, 1.54) is 115 Å². The van der Waals surface area contributed by atoms with Gasteiger partial charge in [-0.15, -0.1) is 0 Å². The van der Waals surface area contributed by atoms with Gasteiger partial charge in [0.15, 0.2) is 0 Å². The summed E-state index contributed by atoms with van der Waals surface area (Å²) in [6, 6.07) is -1.23. The third-order valence-corrected chi connectivity index (χ3v) is 9.26. The van der Waals surface area contributed by atoms with Gasteiger partial charge < -0.3 is 15.5 Å². The molecule has 45 heavy (non-hydrogen) atoms. The lowest BCUT2D eigenvalue weighted by Crippen LogP contribution is -2.50. The Kier molecular flexibility index (Phi) is 30.5. The molecule has 0 fully saturated rings. The molecule has 0 saturated carbocycles. The Morgan fingerprint density at radius 2 is 0.978 bits per heavy atom. The van der Waals surface area contributed by atoms with Crippen LogP contribution in [0.1, 0.15) is 181 Å². The lowest BCUT2D eigenvalue weighted by atomic mass is 10.0. The minimum Gasteiger partial charge on any atom is -0.387 e. The van der Waals surface area contributed by atoms with Crippen molar-refractivity contribution in [2.75, 3.05) is 5.75 Å². The zero-order valence-corrected chi connectivity index (χ0v) is 29.9. The maximum absolute atomic E-state index is 12.5. The molecule has 266 valence electrons. The van der Waals surface area contributed by atoms with Crippen LogP contribution in [0, 0.1) is 0 Å². The van der Waals surface area contributed by atoms with Gasteiger partial charge in [-0.25, -0.2) is 0 Å². The first kappa shape index (κ1) is 43.8. The van der Waals surface area contributed by atoms with E-state index in [0.717, 1.165) is 44.9 Å². The van der Waals surface area contributed by atoms with Crippen molar-refractivity contribution in [2.45, 2.75) is 199 Å². The molecule has 1 amide bonds. The van der Waals surface area contributed by atoms with E-state index < -0.39 is 40.0 Å². The van der Waals surface area contributed by atoms with E-state index in [1.54, 1.807) is 6.08 Å². The van der Waals surface area contributed by atoms with Crippen molar-refractivity contribution in [3.8, 4) is 0 Å². The predicted molar refractivity (Wildman–Crippen MR) is 190 cm³/mol. The molecule has 0 aliphatic carbocycles. The van der Waals surface area contributed by atoms with Crippen LogP contribution in [0.2, 0.25) is 0 Å². The number of hydrogen-bond acceptors (Lipinski definition) is 5. The summed E-state index contributed by atoms with van der Waals surface area (Å²) in [5.74, 6) is -1.54. The topological polar surface area (TPSA) is 124 Å². The Morgan fingerprint density at radius 3 is 1.40 bits per heavy atom. The summed E-state index contributed by atoms with van der Waals surface area (Å²) in [6.07, 6.45) is 35.1. The lowest BCUT2D eigenvalue weighted by molar-refractivity contribution is -0.130. The zero-order chi connectivity index (χ0) is 33.4. The zero-order valence-electron chi connectivity index (χ0n) is 29.1. The lowest BCUT2D eigenvalue weighted by Gasteiger charge is -2.22. The summed E-state index contributed by atoms with van der Waals surface area (Å²) in [4.78, 5) is 12.5. The molecule has 0 aromatic heterocycles. The highest BCUT2D eigenvalue weighted by molar-refractivity contribution is 7.85. The molecule has 0 rings (SSSR count). The van der Waals surface area contributed by atoms with Gasteiger partial charge in [-0.05, 0) is 44.9 Å². The maximum Gasteiger partial charge on any atom is 0.267 e. The average molecular weight is 658 g/mol. The number of unbranched alkanes of at least 4 members (excludes halogenated alkanes) is 22. The number of carbonyl (C=O) groups excluding carboxylic acids is 1. The van der Waals surface area contributed by atoms with E-state index in [4.69, 9.17) is 0 Å². The molecule has 7 nitrogen and oxygen atoms in total. The number of rotatable bonds is 33. The Morgan fingerprint density at radius 1 is 0.600 bits per heavy atom. The predicted octanol–water partition coefficient (Wildman–Crippen LogP) is 9.38. The Hall–Kier alpha value is -1.22. The summed E-state index contributed by atoms with van der Waals surface area (Å²) >= 11 is 0. The standard InChI is InChI=1S/C37H71NO6S/c1-3-5-7-9-11-13-15-17-18-19-20-22-24-26-28-30-32-36(40)37(41)38-34(33-45(42,43)44)35(39)31-29-27-25-23-21-16-14-12-10-8-6-4-2/h17-18,29,31,34-36,39-40H,3-16,19-28,30,32-33H2,1-2H3,(H,38,41)(H,42,43,44)/b18-17-,31-29+. The second kappa shape index (κ2) is 31.4. The smallest absolute Gasteiger partial charge is 0.267 e. The number of hydrogen-bond donors (Lipinski definition) is 4. The van der Waals surface area contributed by atoms with Crippen LogP contribution in [-0.2, 0) is 14.9 Å². The fourth-order valence-electron chi connectivity index (χ4n) is 5.57. The van der Waals surface area contributed by atoms with Gasteiger partial charge in [0.25, 0.3) is 10.1 Å². The summed E-state index contributed by atoms with van der Waals surface area (Å²) in [5.41, 5.74) is 0. The van der Waals surface area contributed by atoms with Crippen LogP contribution < -0.4 is 5.32 Å². The van der Waals surface area contributed by atoms with Gasteiger partial charge in [-0.1, -0.05) is 160 Å². The molecule has 0 aliphatic rings. The van der Waals surface area contributed by atoms with Crippen LogP contribution in [-0.4, -0.2) is 53.1 Å². The van der Waals surface area contributed by atoms with E-state index in [0.29, 0.717) is 6.42 Å². The van der Waals surface area contributed by atoms with E-state index in [2.05, 4.69) is 31.3 Å². The fourth-order valence-corrected chi connectivity index (χ4v) is 6.30. The molecule has 0 bridgehead atoms. The first-order valence-electron chi connectivity index (χ1n) is 18.6. The summed E-state index contributed by atoms with van der Waals surface area (Å²) in [6.45, 7) is 4.47. The van der Waals surface area contributed by atoms with Gasteiger partial charge >= 0.3 is 0 Å². The normalized spacial score (nSPS) is 14.3. The number of amides is 1. The number of carbonyl (C=O) groups is 1. The minimum atomic E-state index is -4.43. The van der Waals surface area contributed by atoms with Crippen LogP contribution >= 0.6 is 0 Å². The molecule has 0 radical (unpaired) electrons. The fraction of sp³-hybridized carbons (Fsp3) is 0.865. The van der Waals surface area contributed by atoms with Crippen LogP contribution in [0.15, 0.2) is 24.3 Å². The number of allylic oxidation sites excluding steroid dienone is 3. The molecular weight excluding hydrogens is 586 g/mol. The van der Waals surface area contributed by atoms with Crippen molar-refractivity contribution in [2.24, 2.45) is 0 Å². The van der Waals surface area contributed by atoms with Crippen molar-refractivity contribution < 1.29 is 28.0 Å². The van der Waals surface area contributed by atoms with Crippen molar-refractivity contribution in [3.05, 3.63) is 24.3 Å². The molecule has 0 heterocycles. The van der Waals surface area contributed by atoms with E-state index in [-0.39, 0.29) is 6.42 Å². The van der Waals surface area contributed by atoms with Crippen LogP contribution in [0.4, 0.5) is 0 Å². The van der Waals surface area contributed by atoms with Gasteiger partial charge in [-0.2, -0.15) is 8.42 Å². The van der Waals surface area contributed by atoms with E-state index >= 15 is 0 Å². The highest BCUT2D eigenvalue weighted by atomic mass is 32.2. The van der Waals surface area contributed by atoms with Gasteiger partial charge in [0, 0.05) is 0 Å². The SMILES string of the molecule is CCCCCCCC/C=C\CCCCCCCCC(O)C(=O)NC(CS(=O)(=O)O)C(O)/C=C/CCCCCCCCCCCC. The molecular formula is C37H71NO6S. The second-order valence-electron chi connectivity index (χ2n) is 13.0. The summed E-state index contributed by atoms with van der Waals surface area (Å²) in [5, 5.41) is 23.3. The monoisotopic (exact) mass is 658 g/mol. The first-order valence-corrected chi connectivity index (χ1v) is 20.3. The molecule has 0 spiro atoms. The largest absolute Gasteiger partial charge is 0.387 e. The minimum absolute atomic E-state index is 0.274. The van der Waals surface area contributed by atoms with Crippen LogP contribution in [0.3, 0.4) is 0 Å². The van der Waals surface area contributed by atoms with Crippen molar-refractivity contribution in [3.63, 3.8) is 0 Å². The van der Waals surface area contributed by atoms with Gasteiger partial charge in [0.05, 0.1) is 17.9 Å². The Balaban J connectivity index is 4.10. The Labute approximate surface area is 277 Å². The third-order valence-electron chi connectivity index (χ3n) is 8.48. The highest BCUT2D eigenvalue weighted by Crippen LogP contribution is 2.14. The van der Waals surface area contributed by atoms with Crippen LogP contribution in [0.25, 0.3) is 0 Å². The average Bonchev–Trinajstić information content (AvgIpc) is 3.00. The molecule has 0 aliphatic heterocycles. The number of aliphatic hydroxyl groups is 2. The first-order chi connectivity index (χ1) is 21.7.